The first-order chi connectivity index (χ1) is 7.99. The molecule has 1 aromatic carbocycles. The summed E-state index contributed by atoms with van der Waals surface area (Å²) < 4.78 is 5.06. The summed E-state index contributed by atoms with van der Waals surface area (Å²) in [7, 11) is 1.63. The third kappa shape index (κ3) is 3.75. The Morgan fingerprint density at radius 1 is 1.35 bits per heavy atom. The van der Waals surface area contributed by atoms with Crippen molar-refractivity contribution < 1.29 is 9.53 Å². The predicted molar refractivity (Wildman–Crippen MR) is 67.7 cm³/mol. The molecule has 0 unspecified atom stereocenters. The average Bonchev–Trinajstić information content (AvgIpc) is 2.36. The van der Waals surface area contributed by atoms with Gasteiger partial charge in [-0.2, -0.15) is 0 Å². The first-order valence-corrected chi connectivity index (χ1v) is 5.61. The van der Waals surface area contributed by atoms with Gasteiger partial charge in [0.1, 0.15) is 5.75 Å². The smallest absolute Gasteiger partial charge is 0.227 e. The van der Waals surface area contributed by atoms with E-state index in [0.717, 1.165) is 11.3 Å². The minimum absolute atomic E-state index is 0.0316. The molecule has 0 spiro atoms. The van der Waals surface area contributed by atoms with Crippen LogP contribution in [0, 0.1) is 5.41 Å². The molecule has 0 aliphatic heterocycles. The van der Waals surface area contributed by atoms with Gasteiger partial charge >= 0.3 is 0 Å². The van der Waals surface area contributed by atoms with E-state index in [1.165, 1.54) is 0 Å². The molecule has 0 saturated carbocycles. The van der Waals surface area contributed by atoms with Gasteiger partial charge in [0.15, 0.2) is 0 Å². The van der Waals surface area contributed by atoms with Crippen molar-refractivity contribution in [1.82, 2.24) is 5.32 Å². The average molecular weight is 236 g/mol. The lowest BCUT2D eigenvalue weighted by Crippen LogP contribution is -2.41. The third-order valence-corrected chi connectivity index (χ3v) is 2.74. The fourth-order valence-electron chi connectivity index (χ4n) is 1.26. The Kier molecular flexibility index (Phi) is 4.52. The maximum Gasteiger partial charge on any atom is 0.227 e. The number of nitrogens with one attached hydrogen (secondary N) is 1. The lowest BCUT2D eigenvalue weighted by molar-refractivity contribution is -0.129. The zero-order valence-electron chi connectivity index (χ0n) is 10.6. The van der Waals surface area contributed by atoms with Crippen molar-refractivity contribution in [2.24, 2.45) is 11.1 Å². The van der Waals surface area contributed by atoms with E-state index in [4.69, 9.17) is 10.5 Å². The number of amides is 1. The molecule has 0 fully saturated rings. The monoisotopic (exact) mass is 236 g/mol. The minimum atomic E-state index is -0.521. The zero-order valence-corrected chi connectivity index (χ0v) is 10.6. The molecule has 0 bridgehead atoms. The van der Waals surface area contributed by atoms with Crippen LogP contribution in [-0.2, 0) is 11.3 Å². The molecule has 0 aromatic heterocycles. The van der Waals surface area contributed by atoms with Crippen LogP contribution in [0.1, 0.15) is 19.4 Å². The second kappa shape index (κ2) is 5.68. The summed E-state index contributed by atoms with van der Waals surface area (Å²) in [5.74, 6) is 0.776. The summed E-state index contributed by atoms with van der Waals surface area (Å²) in [6.07, 6.45) is 0. The van der Waals surface area contributed by atoms with Gasteiger partial charge in [0.2, 0.25) is 5.91 Å². The fourth-order valence-corrected chi connectivity index (χ4v) is 1.26. The number of benzene rings is 1. The van der Waals surface area contributed by atoms with Crippen molar-refractivity contribution in [3.05, 3.63) is 29.8 Å². The van der Waals surface area contributed by atoms with E-state index in [1.54, 1.807) is 7.11 Å². The van der Waals surface area contributed by atoms with Gasteiger partial charge in [0.05, 0.1) is 12.5 Å². The minimum Gasteiger partial charge on any atom is -0.497 e. The van der Waals surface area contributed by atoms with E-state index >= 15 is 0 Å². The van der Waals surface area contributed by atoms with Crippen LogP contribution >= 0.6 is 0 Å². The summed E-state index contributed by atoms with van der Waals surface area (Å²) in [4.78, 5) is 11.8. The Bertz CT molecular complexity index is 372. The largest absolute Gasteiger partial charge is 0.497 e. The number of carbonyl (C=O) groups excluding carboxylic acids is 1. The summed E-state index contributed by atoms with van der Waals surface area (Å²) in [6.45, 7) is 4.50. The molecule has 1 rings (SSSR count). The van der Waals surface area contributed by atoms with Gasteiger partial charge in [-0.25, -0.2) is 0 Å². The van der Waals surface area contributed by atoms with E-state index in [2.05, 4.69) is 5.32 Å². The standard InChI is InChI=1S/C13H20N2O2/c1-13(2,9-14)12(16)15-8-10-4-6-11(17-3)7-5-10/h4-7H,8-9,14H2,1-3H3,(H,15,16). The number of nitrogens with two attached hydrogens (primary N) is 1. The Hall–Kier alpha value is -1.55. The number of hydrogen-bond donors (Lipinski definition) is 2. The van der Waals surface area contributed by atoms with Gasteiger partial charge in [0, 0.05) is 13.1 Å². The zero-order chi connectivity index (χ0) is 12.9. The molecule has 0 heterocycles. The highest BCUT2D eigenvalue weighted by molar-refractivity contribution is 5.81. The normalized spacial score (nSPS) is 11.1. The first-order valence-electron chi connectivity index (χ1n) is 5.61. The molecule has 0 aliphatic carbocycles. The number of carbonyl (C=O) groups is 1. The third-order valence-electron chi connectivity index (χ3n) is 2.74. The molecule has 4 heteroatoms. The van der Waals surface area contributed by atoms with E-state index in [-0.39, 0.29) is 5.91 Å². The highest BCUT2D eigenvalue weighted by Crippen LogP contribution is 2.14. The van der Waals surface area contributed by atoms with Gasteiger partial charge in [-0.05, 0) is 31.5 Å². The number of hydrogen-bond acceptors (Lipinski definition) is 3. The van der Waals surface area contributed by atoms with Crippen LogP contribution in [0.2, 0.25) is 0 Å². The van der Waals surface area contributed by atoms with Gasteiger partial charge in [-0.1, -0.05) is 12.1 Å². The van der Waals surface area contributed by atoms with Crippen molar-refractivity contribution in [2.75, 3.05) is 13.7 Å². The summed E-state index contributed by atoms with van der Waals surface area (Å²) in [5.41, 5.74) is 6.05. The van der Waals surface area contributed by atoms with Crippen molar-refractivity contribution in [3.63, 3.8) is 0 Å². The molecule has 4 nitrogen and oxygen atoms in total. The maximum atomic E-state index is 11.8. The van der Waals surface area contributed by atoms with E-state index in [0.29, 0.717) is 13.1 Å². The Morgan fingerprint density at radius 3 is 2.41 bits per heavy atom. The van der Waals surface area contributed by atoms with Crippen LogP contribution < -0.4 is 15.8 Å². The lowest BCUT2D eigenvalue weighted by atomic mass is 9.92. The fraction of sp³-hybridized carbons (Fsp3) is 0.462. The van der Waals surface area contributed by atoms with Crippen molar-refractivity contribution in [2.45, 2.75) is 20.4 Å². The summed E-state index contributed by atoms with van der Waals surface area (Å²) in [6, 6.07) is 7.59. The van der Waals surface area contributed by atoms with Crippen LogP contribution in [0.4, 0.5) is 0 Å². The topological polar surface area (TPSA) is 64.3 Å². The Morgan fingerprint density at radius 2 is 1.94 bits per heavy atom. The number of methoxy groups -OCH3 is 1. The van der Waals surface area contributed by atoms with Gasteiger partial charge in [0.25, 0.3) is 0 Å². The molecule has 94 valence electrons. The first kappa shape index (κ1) is 13.5. The molecular formula is C13H20N2O2. The summed E-state index contributed by atoms with van der Waals surface area (Å²) >= 11 is 0. The van der Waals surface area contributed by atoms with Gasteiger partial charge in [-0.15, -0.1) is 0 Å². The molecular weight excluding hydrogens is 216 g/mol. The second-order valence-corrected chi connectivity index (χ2v) is 4.62. The molecule has 1 aromatic rings. The summed E-state index contributed by atoms with van der Waals surface area (Å²) in [5, 5.41) is 2.87. The van der Waals surface area contributed by atoms with Crippen molar-refractivity contribution >= 4 is 5.91 Å². The van der Waals surface area contributed by atoms with Crippen molar-refractivity contribution in [1.29, 1.82) is 0 Å². The molecule has 1 amide bonds. The highest BCUT2D eigenvalue weighted by Gasteiger charge is 2.25. The van der Waals surface area contributed by atoms with E-state index < -0.39 is 5.41 Å². The Balaban J connectivity index is 2.53. The van der Waals surface area contributed by atoms with Gasteiger partial charge < -0.3 is 15.8 Å². The van der Waals surface area contributed by atoms with Crippen molar-refractivity contribution in [3.8, 4) is 5.75 Å². The molecule has 0 saturated heterocycles. The molecule has 0 atom stereocenters. The second-order valence-electron chi connectivity index (χ2n) is 4.62. The van der Waals surface area contributed by atoms with E-state index in [9.17, 15) is 4.79 Å². The number of rotatable bonds is 5. The Labute approximate surface area is 102 Å². The SMILES string of the molecule is COc1ccc(CNC(=O)C(C)(C)CN)cc1. The van der Waals surface area contributed by atoms with Crippen LogP contribution in [-0.4, -0.2) is 19.6 Å². The van der Waals surface area contributed by atoms with E-state index in [1.807, 2.05) is 38.1 Å². The van der Waals surface area contributed by atoms with Crippen LogP contribution in [0.5, 0.6) is 5.75 Å². The number of ether oxygens (including phenoxy) is 1. The lowest BCUT2D eigenvalue weighted by Gasteiger charge is -2.21. The molecule has 17 heavy (non-hydrogen) atoms. The van der Waals surface area contributed by atoms with Crippen LogP contribution in [0.15, 0.2) is 24.3 Å². The van der Waals surface area contributed by atoms with Gasteiger partial charge in [-0.3, -0.25) is 4.79 Å². The maximum absolute atomic E-state index is 11.8. The van der Waals surface area contributed by atoms with Crippen LogP contribution in [0.25, 0.3) is 0 Å². The highest BCUT2D eigenvalue weighted by atomic mass is 16.5. The molecule has 0 radical (unpaired) electrons. The quantitative estimate of drug-likeness (QED) is 0.810. The predicted octanol–water partition coefficient (Wildman–Crippen LogP) is 1.30. The molecule has 3 N–H and O–H groups in total. The van der Waals surface area contributed by atoms with Crippen LogP contribution in [0.3, 0.4) is 0 Å². The molecule has 0 aliphatic rings.